The summed E-state index contributed by atoms with van der Waals surface area (Å²) in [7, 11) is -3.21. The van der Waals surface area contributed by atoms with Gasteiger partial charge in [0.15, 0.2) is 0 Å². The van der Waals surface area contributed by atoms with Crippen molar-refractivity contribution >= 4 is 10.1 Å². The first-order valence-corrected chi connectivity index (χ1v) is 6.41. The Morgan fingerprint density at radius 2 is 1.85 bits per heavy atom. The first-order chi connectivity index (χ1) is 6.02. The smallest absolute Gasteiger partial charge is 0.266 e. The van der Waals surface area contributed by atoms with E-state index < -0.39 is 10.1 Å². The summed E-state index contributed by atoms with van der Waals surface area (Å²) in [5.41, 5.74) is 0. The van der Waals surface area contributed by atoms with E-state index in [4.69, 9.17) is 4.18 Å². The quantitative estimate of drug-likeness (QED) is 0.550. The molecule has 3 nitrogen and oxygen atoms in total. The van der Waals surface area contributed by atoms with Crippen molar-refractivity contribution in [1.82, 2.24) is 0 Å². The lowest BCUT2D eigenvalue weighted by atomic mass is 9.81. The van der Waals surface area contributed by atoms with Crippen LogP contribution in [0, 0.1) is 23.7 Å². The van der Waals surface area contributed by atoms with Gasteiger partial charge in [0, 0.05) is 5.92 Å². The molecule has 13 heavy (non-hydrogen) atoms. The molecule has 0 N–H and O–H groups in total. The maximum atomic E-state index is 11.6. The van der Waals surface area contributed by atoms with Gasteiger partial charge in [-0.2, -0.15) is 8.42 Å². The van der Waals surface area contributed by atoms with Crippen molar-refractivity contribution in [2.24, 2.45) is 23.7 Å². The molecule has 0 aromatic rings. The Kier molecular flexibility index (Phi) is 1.34. The average Bonchev–Trinajstić information content (AvgIpc) is 2.54. The molecule has 3 aliphatic rings. The summed E-state index contributed by atoms with van der Waals surface area (Å²) in [5, 5.41) is -0.182. The minimum Gasteiger partial charge on any atom is -0.266 e. The van der Waals surface area contributed by atoms with E-state index in [0.29, 0.717) is 23.7 Å². The Morgan fingerprint density at radius 3 is 2.46 bits per heavy atom. The molecule has 2 aliphatic carbocycles. The number of hydrogen-bond acceptors (Lipinski definition) is 3. The van der Waals surface area contributed by atoms with Crippen LogP contribution in [0.4, 0.5) is 0 Å². The van der Waals surface area contributed by atoms with Gasteiger partial charge in [-0.1, -0.05) is 13.8 Å². The van der Waals surface area contributed by atoms with Gasteiger partial charge in [0.25, 0.3) is 10.1 Å². The highest BCUT2D eigenvalue weighted by Gasteiger charge is 2.65. The van der Waals surface area contributed by atoms with Gasteiger partial charge in [0.1, 0.15) is 0 Å². The van der Waals surface area contributed by atoms with Crippen LogP contribution >= 0.6 is 0 Å². The first kappa shape index (κ1) is 8.24. The molecule has 0 amide bonds. The standard InChI is InChI=1S/C9H14O3S/c1-4-6-3-7-8(4)12-13(10,11)9(7)5(6)2/h4-9H,3H2,1-2H3. The van der Waals surface area contributed by atoms with Gasteiger partial charge in [0.2, 0.25) is 0 Å². The summed E-state index contributed by atoms with van der Waals surface area (Å²) in [6, 6.07) is 0. The average molecular weight is 202 g/mol. The molecular weight excluding hydrogens is 188 g/mol. The Morgan fingerprint density at radius 1 is 1.15 bits per heavy atom. The van der Waals surface area contributed by atoms with Crippen molar-refractivity contribution in [3.63, 3.8) is 0 Å². The molecule has 2 saturated carbocycles. The molecule has 6 atom stereocenters. The van der Waals surface area contributed by atoms with Crippen LogP contribution in [0.1, 0.15) is 20.3 Å². The van der Waals surface area contributed by atoms with Crippen molar-refractivity contribution in [2.75, 3.05) is 0 Å². The number of fused-ring (bicyclic) bond motifs is 1. The summed E-state index contributed by atoms with van der Waals surface area (Å²) >= 11 is 0. The van der Waals surface area contributed by atoms with E-state index in [1.165, 1.54) is 0 Å². The molecule has 1 heterocycles. The first-order valence-electron chi connectivity index (χ1n) is 4.94. The van der Waals surface area contributed by atoms with Crippen LogP contribution < -0.4 is 0 Å². The van der Waals surface area contributed by atoms with Gasteiger partial charge < -0.3 is 0 Å². The number of hydrogen-bond donors (Lipinski definition) is 0. The summed E-state index contributed by atoms with van der Waals surface area (Å²) in [6.45, 7) is 4.19. The normalized spacial score (nSPS) is 61.7. The molecule has 3 rings (SSSR count). The lowest BCUT2D eigenvalue weighted by molar-refractivity contribution is 0.123. The Balaban J connectivity index is 2.14. The lowest BCUT2D eigenvalue weighted by Crippen LogP contribution is -2.33. The Bertz CT molecular complexity index is 348. The van der Waals surface area contributed by atoms with Crippen LogP contribution in [0.15, 0.2) is 0 Å². The van der Waals surface area contributed by atoms with Crippen molar-refractivity contribution in [3.05, 3.63) is 0 Å². The Hall–Kier alpha value is -0.0900. The van der Waals surface area contributed by atoms with Gasteiger partial charge in [-0.05, 0) is 24.2 Å². The molecule has 6 unspecified atom stereocenters. The molecule has 4 heteroatoms. The van der Waals surface area contributed by atoms with E-state index in [9.17, 15) is 8.42 Å². The Labute approximate surface area is 78.6 Å². The molecular formula is C9H14O3S. The summed E-state index contributed by atoms with van der Waals surface area (Å²) in [4.78, 5) is 0. The van der Waals surface area contributed by atoms with Crippen molar-refractivity contribution in [3.8, 4) is 0 Å². The highest BCUT2D eigenvalue weighted by Crippen LogP contribution is 2.59. The fourth-order valence-electron chi connectivity index (χ4n) is 3.80. The second-order valence-electron chi connectivity index (χ2n) is 4.80. The lowest BCUT2D eigenvalue weighted by Gasteiger charge is -2.26. The van der Waals surface area contributed by atoms with E-state index in [0.717, 1.165) is 6.42 Å². The third kappa shape index (κ3) is 0.773. The molecule has 74 valence electrons. The molecule has 0 spiro atoms. The van der Waals surface area contributed by atoms with Crippen LogP contribution in [0.5, 0.6) is 0 Å². The third-order valence-corrected chi connectivity index (χ3v) is 6.29. The maximum Gasteiger partial charge on any atom is 0.271 e. The zero-order chi connectivity index (χ0) is 9.38. The van der Waals surface area contributed by atoms with Crippen LogP contribution in [-0.2, 0) is 14.3 Å². The van der Waals surface area contributed by atoms with Gasteiger partial charge in [-0.25, -0.2) is 0 Å². The van der Waals surface area contributed by atoms with E-state index >= 15 is 0 Å². The highest BCUT2D eigenvalue weighted by molar-refractivity contribution is 7.87. The van der Waals surface area contributed by atoms with E-state index in [1.54, 1.807) is 0 Å². The molecule has 1 saturated heterocycles. The van der Waals surface area contributed by atoms with Crippen LogP contribution in [0.3, 0.4) is 0 Å². The monoisotopic (exact) mass is 202 g/mol. The zero-order valence-corrected chi connectivity index (χ0v) is 8.62. The zero-order valence-electron chi connectivity index (χ0n) is 7.80. The predicted molar refractivity (Wildman–Crippen MR) is 47.5 cm³/mol. The molecule has 1 aliphatic heterocycles. The molecule has 2 bridgehead atoms. The van der Waals surface area contributed by atoms with E-state index in [2.05, 4.69) is 13.8 Å². The fraction of sp³-hybridized carbons (Fsp3) is 1.00. The van der Waals surface area contributed by atoms with Crippen LogP contribution in [0.2, 0.25) is 0 Å². The van der Waals surface area contributed by atoms with Crippen LogP contribution in [0.25, 0.3) is 0 Å². The van der Waals surface area contributed by atoms with Gasteiger partial charge >= 0.3 is 0 Å². The van der Waals surface area contributed by atoms with Gasteiger partial charge in [-0.3, -0.25) is 4.18 Å². The van der Waals surface area contributed by atoms with E-state index in [1.807, 2.05) is 0 Å². The second-order valence-corrected chi connectivity index (χ2v) is 6.52. The minimum absolute atomic E-state index is 0.0104. The van der Waals surface area contributed by atoms with Crippen molar-refractivity contribution < 1.29 is 12.6 Å². The van der Waals surface area contributed by atoms with Crippen LogP contribution in [-0.4, -0.2) is 19.8 Å². The van der Waals surface area contributed by atoms with Crippen molar-refractivity contribution in [2.45, 2.75) is 31.6 Å². The SMILES string of the molecule is CC1C2CC3C1OS(=O)(=O)C3C2C. The van der Waals surface area contributed by atoms with Gasteiger partial charge in [0.05, 0.1) is 11.4 Å². The largest absolute Gasteiger partial charge is 0.271 e. The fourth-order valence-corrected chi connectivity index (χ4v) is 5.98. The summed E-state index contributed by atoms with van der Waals surface area (Å²) < 4.78 is 28.4. The summed E-state index contributed by atoms with van der Waals surface area (Å²) in [5.74, 6) is 1.63. The highest BCUT2D eigenvalue weighted by atomic mass is 32.2. The molecule has 3 fully saturated rings. The van der Waals surface area contributed by atoms with Crippen molar-refractivity contribution in [1.29, 1.82) is 0 Å². The molecule has 0 radical (unpaired) electrons. The topological polar surface area (TPSA) is 43.4 Å². The molecule has 0 aromatic heterocycles. The summed E-state index contributed by atoms with van der Waals surface area (Å²) in [6.07, 6.45) is 1.08. The maximum absolute atomic E-state index is 11.6. The predicted octanol–water partition coefficient (Wildman–Crippen LogP) is 1.01. The number of rotatable bonds is 0. The molecule has 0 aromatic carbocycles. The minimum atomic E-state index is -3.21. The third-order valence-electron chi connectivity index (χ3n) is 4.35. The van der Waals surface area contributed by atoms with E-state index in [-0.39, 0.29) is 11.4 Å². The van der Waals surface area contributed by atoms with Gasteiger partial charge in [-0.15, -0.1) is 0 Å². The second kappa shape index (κ2) is 2.11.